The first-order chi connectivity index (χ1) is 16.8. The van der Waals surface area contributed by atoms with E-state index in [1.807, 2.05) is 0 Å². The van der Waals surface area contributed by atoms with Crippen LogP contribution in [0.4, 0.5) is 19.0 Å². The molecule has 0 radical (unpaired) electrons. The maximum Gasteiger partial charge on any atom is 0.408 e. The summed E-state index contributed by atoms with van der Waals surface area (Å²) in [5.41, 5.74) is 6.67. The number of rotatable bonds is 8. The number of anilines is 1. The first-order valence-electron chi connectivity index (χ1n) is 10.9. The van der Waals surface area contributed by atoms with Crippen molar-refractivity contribution in [3.05, 3.63) is 35.1 Å². The Labute approximate surface area is 209 Å². The molecule has 4 aromatic rings. The van der Waals surface area contributed by atoms with Gasteiger partial charge in [-0.05, 0) is 18.2 Å². The summed E-state index contributed by atoms with van der Waals surface area (Å²) < 4.78 is 48.1. The number of nitrogens with zero attached hydrogens (tertiary/aromatic N) is 5. The van der Waals surface area contributed by atoms with E-state index in [0.717, 1.165) is 12.4 Å². The van der Waals surface area contributed by atoms with Crippen LogP contribution in [-0.2, 0) is 18.0 Å². The van der Waals surface area contributed by atoms with Gasteiger partial charge in [-0.25, -0.2) is 19.4 Å². The molecule has 3 aromatic heterocycles. The lowest BCUT2D eigenvalue weighted by atomic mass is 10.1. The number of nitrogens with two attached hydrogens (primary N) is 1. The number of benzene rings is 1. The van der Waals surface area contributed by atoms with Crippen molar-refractivity contribution in [2.24, 2.45) is 0 Å². The van der Waals surface area contributed by atoms with Gasteiger partial charge in [0.1, 0.15) is 31.1 Å². The van der Waals surface area contributed by atoms with Crippen LogP contribution in [0.5, 0.6) is 0 Å². The average Bonchev–Trinajstić information content (AvgIpc) is 3.24. The number of aromatic nitrogens is 5. The maximum atomic E-state index is 13.3. The molecule has 0 spiro atoms. The van der Waals surface area contributed by atoms with Crippen molar-refractivity contribution in [2.45, 2.75) is 45.1 Å². The van der Waals surface area contributed by atoms with Crippen molar-refractivity contribution < 1.29 is 27.8 Å². The quantitative estimate of drug-likeness (QED) is 0.231. The van der Waals surface area contributed by atoms with Crippen LogP contribution in [-0.4, -0.2) is 56.2 Å². The van der Waals surface area contributed by atoms with Crippen LogP contribution in [0.1, 0.15) is 10.4 Å². The molecule has 9 nitrogen and oxygen atoms in total. The number of nitrogen functional groups attached to an aromatic ring is 1. The molecular weight excluding hydrogens is 517 g/mol. The van der Waals surface area contributed by atoms with Crippen molar-refractivity contribution in [1.82, 2.24) is 24.3 Å². The van der Waals surface area contributed by atoms with Crippen LogP contribution in [0.25, 0.3) is 33.3 Å². The Balaban J connectivity index is 1.95. The van der Waals surface area contributed by atoms with Crippen LogP contribution >= 0.6 is 11.6 Å². The fraction of sp³-hybridized carbons (Fsp3) is 0.364. The average molecular weight is 541 g/mol. The zero-order valence-electron chi connectivity index (χ0n) is 19.7. The van der Waals surface area contributed by atoms with Gasteiger partial charge in [-0.1, -0.05) is 37.3 Å². The number of carboxylic acid groups (broad SMARTS) is 1. The zero-order valence-corrected chi connectivity index (χ0v) is 21.5. The minimum atomic E-state index is -4.57. The fourth-order valence-electron chi connectivity index (χ4n) is 3.82. The van der Waals surface area contributed by atoms with E-state index in [0.29, 0.717) is 22.2 Å². The molecule has 0 aliphatic carbocycles. The molecule has 3 N–H and O–H groups in total. The Bertz CT molecular complexity index is 1460. The molecule has 0 aliphatic heterocycles. The lowest BCUT2D eigenvalue weighted by Gasteiger charge is -2.17. The van der Waals surface area contributed by atoms with Gasteiger partial charge in [-0.15, -0.1) is 0 Å². The van der Waals surface area contributed by atoms with E-state index >= 15 is 0 Å². The van der Waals surface area contributed by atoms with Crippen molar-refractivity contribution in [3.8, 4) is 11.4 Å². The third-order valence-corrected chi connectivity index (χ3v) is 7.67. The largest absolute Gasteiger partial charge is 0.478 e. The SMILES string of the molecule is C[Si](C)(C)CCOCn1c(-c2nn(CC(F)(F)F)c3ncnc(N)c23)c(Cl)c2ccc(C(=O)O)cc21. The number of aromatic carboxylic acids is 1. The molecule has 0 unspecified atom stereocenters. The molecular formula is C22H24ClF3N6O3Si. The molecule has 0 fully saturated rings. The minimum absolute atomic E-state index is 0.0156. The van der Waals surface area contributed by atoms with Crippen LogP contribution in [0.2, 0.25) is 30.7 Å². The Hall–Kier alpha value is -3.16. The Morgan fingerprint density at radius 2 is 1.97 bits per heavy atom. The van der Waals surface area contributed by atoms with Crippen molar-refractivity contribution in [3.63, 3.8) is 0 Å². The van der Waals surface area contributed by atoms with Gasteiger partial charge >= 0.3 is 12.1 Å². The Morgan fingerprint density at radius 1 is 1.25 bits per heavy atom. The highest BCUT2D eigenvalue weighted by Crippen LogP contribution is 2.41. The summed E-state index contributed by atoms with van der Waals surface area (Å²) in [5, 5.41) is 14.4. The van der Waals surface area contributed by atoms with E-state index in [-0.39, 0.29) is 45.6 Å². The molecule has 4 rings (SSSR count). The summed E-state index contributed by atoms with van der Waals surface area (Å²) in [6, 6.07) is 5.25. The second-order valence-electron chi connectivity index (χ2n) is 9.55. The highest BCUT2D eigenvalue weighted by Gasteiger charge is 2.32. The summed E-state index contributed by atoms with van der Waals surface area (Å²) in [6.07, 6.45) is -3.51. The highest BCUT2D eigenvalue weighted by molar-refractivity contribution is 6.76. The van der Waals surface area contributed by atoms with E-state index in [9.17, 15) is 23.1 Å². The number of fused-ring (bicyclic) bond motifs is 2. The number of hydrogen-bond donors (Lipinski definition) is 2. The third-order valence-electron chi connectivity index (χ3n) is 5.58. The van der Waals surface area contributed by atoms with E-state index in [4.69, 9.17) is 22.1 Å². The summed E-state index contributed by atoms with van der Waals surface area (Å²) >= 11 is 6.74. The standard InChI is InChI=1S/C22H24ClF3N6O3Si/c1-36(2,3)7-6-35-11-31-14-8-12(21(33)34)4-5-13(14)16(23)18(31)17-15-19(27)28-10-29-20(15)32(30-17)9-22(24,25)26/h4-5,8,10H,6-7,9,11H2,1-3H3,(H,33,34)(H2,27,28,29). The van der Waals surface area contributed by atoms with Gasteiger partial charge in [0.2, 0.25) is 0 Å². The second kappa shape index (κ2) is 9.37. The van der Waals surface area contributed by atoms with Gasteiger partial charge in [-0.3, -0.25) is 0 Å². The Kier molecular flexibility index (Phi) is 6.75. The lowest BCUT2D eigenvalue weighted by molar-refractivity contribution is -0.141. The van der Waals surface area contributed by atoms with E-state index < -0.39 is 26.8 Å². The number of carboxylic acids is 1. The van der Waals surface area contributed by atoms with Gasteiger partial charge in [0.15, 0.2) is 5.65 Å². The number of alkyl halides is 3. The molecule has 0 atom stereocenters. The smallest absolute Gasteiger partial charge is 0.408 e. The minimum Gasteiger partial charge on any atom is -0.478 e. The summed E-state index contributed by atoms with van der Waals surface area (Å²) in [6.45, 7) is 5.61. The van der Waals surface area contributed by atoms with E-state index in [1.165, 1.54) is 18.2 Å². The van der Waals surface area contributed by atoms with Crippen LogP contribution in [0.3, 0.4) is 0 Å². The maximum absolute atomic E-state index is 13.3. The molecule has 1 aromatic carbocycles. The lowest BCUT2D eigenvalue weighted by Crippen LogP contribution is -2.22. The van der Waals surface area contributed by atoms with Crippen LogP contribution < -0.4 is 5.73 Å². The van der Waals surface area contributed by atoms with Gasteiger partial charge in [-0.2, -0.15) is 18.3 Å². The predicted octanol–water partition coefficient (Wildman–Crippen LogP) is 5.26. The van der Waals surface area contributed by atoms with E-state index in [1.54, 1.807) is 4.57 Å². The summed E-state index contributed by atoms with van der Waals surface area (Å²) in [4.78, 5) is 19.5. The monoisotopic (exact) mass is 540 g/mol. The molecule has 3 heterocycles. The normalized spacial score (nSPS) is 12.6. The van der Waals surface area contributed by atoms with Crippen molar-refractivity contribution in [1.29, 1.82) is 0 Å². The first-order valence-corrected chi connectivity index (χ1v) is 15.0. The number of hydrogen-bond acceptors (Lipinski definition) is 6. The Morgan fingerprint density at radius 3 is 2.61 bits per heavy atom. The first kappa shape index (κ1) is 25.9. The van der Waals surface area contributed by atoms with Crippen LogP contribution in [0, 0.1) is 0 Å². The molecule has 0 saturated heterocycles. The fourth-order valence-corrected chi connectivity index (χ4v) is 4.92. The van der Waals surface area contributed by atoms with Gasteiger partial charge in [0, 0.05) is 20.1 Å². The third kappa shape index (κ3) is 5.17. The number of ether oxygens (including phenoxy) is 1. The molecule has 192 valence electrons. The molecule has 14 heteroatoms. The van der Waals surface area contributed by atoms with Gasteiger partial charge in [0.05, 0.1) is 27.2 Å². The van der Waals surface area contributed by atoms with E-state index in [2.05, 4.69) is 34.7 Å². The highest BCUT2D eigenvalue weighted by atomic mass is 35.5. The number of halogens is 4. The van der Waals surface area contributed by atoms with Crippen molar-refractivity contribution in [2.75, 3.05) is 12.3 Å². The summed E-state index contributed by atoms with van der Waals surface area (Å²) in [7, 11) is -1.40. The predicted molar refractivity (Wildman–Crippen MR) is 133 cm³/mol. The number of carbonyl (C=O) groups is 1. The molecule has 0 amide bonds. The zero-order chi connectivity index (χ0) is 26.4. The second-order valence-corrected chi connectivity index (χ2v) is 15.6. The molecule has 0 saturated carbocycles. The topological polar surface area (TPSA) is 121 Å². The molecule has 36 heavy (non-hydrogen) atoms. The van der Waals surface area contributed by atoms with Gasteiger partial charge < -0.3 is 20.1 Å². The van der Waals surface area contributed by atoms with Crippen LogP contribution in [0.15, 0.2) is 24.5 Å². The molecule has 0 bridgehead atoms. The van der Waals surface area contributed by atoms with Crippen molar-refractivity contribution >= 4 is 53.4 Å². The van der Waals surface area contributed by atoms with Gasteiger partial charge in [0.25, 0.3) is 0 Å². The molecule has 0 aliphatic rings. The summed E-state index contributed by atoms with van der Waals surface area (Å²) in [5.74, 6) is -1.21.